The van der Waals surface area contributed by atoms with Crippen LogP contribution in [0.25, 0.3) is 10.9 Å². The van der Waals surface area contributed by atoms with Crippen LogP contribution in [0.3, 0.4) is 0 Å². The number of sulfonamides is 1. The Morgan fingerprint density at radius 1 is 1.35 bits per heavy atom. The van der Waals surface area contributed by atoms with Gasteiger partial charge in [0.1, 0.15) is 0 Å². The van der Waals surface area contributed by atoms with Gasteiger partial charge in [-0.2, -0.15) is 0 Å². The van der Waals surface area contributed by atoms with E-state index in [4.69, 9.17) is 5.73 Å². The number of halogens is 1. The Morgan fingerprint density at radius 2 is 2.04 bits per heavy atom. The van der Waals surface area contributed by atoms with E-state index < -0.39 is 15.6 Å². The third-order valence-corrected chi connectivity index (χ3v) is 6.16. The number of nitrogens with one attached hydrogen (secondary N) is 1. The summed E-state index contributed by atoms with van der Waals surface area (Å²) in [7, 11) is -3.65. The lowest BCUT2D eigenvalue weighted by atomic mass is 9.98. The predicted octanol–water partition coefficient (Wildman–Crippen LogP) is 2.37. The topological polar surface area (TPSA) is 85.1 Å². The third-order valence-electron chi connectivity index (χ3n) is 4.49. The van der Waals surface area contributed by atoms with Gasteiger partial charge in [-0.25, -0.2) is 13.1 Å². The van der Waals surface area contributed by atoms with Crippen LogP contribution in [0.1, 0.15) is 25.3 Å². The van der Waals surface area contributed by atoms with Gasteiger partial charge in [0.05, 0.1) is 10.4 Å². The maximum absolute atomic E-state index is 12.9. The van der Waals surface area contributed by atoms with Crippen LogP contribution >= 0.6 is 12.4 Å². The van der Waals surface area contributed by atoms with Crippen molar-refractivity contribution in [1.82, 2.24) is 9.71 Å². The molecule has 1 aliphatic rings. The number of fused-ring (bicyclic) bond motifs is 1. The summed E-state index contributed by atoms with van der Waals surface area (Å²) in [5.74, 6) is 0.321. The van der Waals surface area contributed by atoms with Gasteiger partial charge in [0, 0.05) is 23.7 Å². The van der Waals surface area contributed by atoms with Crippen LogP contribution in [0.5, 0.6) is 0 Å². The van der Waals surface area contributed by atoms with E-state index in [2.05, 4.69) is 9.71 Å². The van der Waals surface area contributed by atoms with E-state index in [1.807, 2.05) is 13.8 Å². The molecule has 1 fully saturated rings. The Balaban J connectivity index is 0.00000192. The van der Waals surface area contributed by atoms with Crippen LogP contribution in [0, 0.1) is 12.8 Å². The van der Waals surface area contributed by atoms with Crippen molar-refractivity contribution in [3.05, 3.63) is 36.0 Å². The number of hydrogen-bond donors (Lipinski definition) is 2. The normalized spacial score (nSPS) is 17.5. The highest BCUT2D eigenvalue weighted by molar-refractivity contribution is 7.89. The Labute approximate surface area is 143 Å². The summed E-state index contributed by atoms with van der Waals surface area (Å²) >= 11 is 0. The zero-order valence-corrected chi connectivity index (χ0v) is 14.9. The standard InChI is InChI=1S/C16H21N3O2S.ClH/c1-11-5-8-14(13-4-3-9-18-15(11)13)22(20,21)19-16(2,10-17)12-6-7-12;/h3-5,8-9,12,19H,6-7,10,17H2,1-2H3;1H. The fraction of sp³-hybridized carbons (Fsp3) is 0.438. The van der Waals surface area contributed by atoms with Crippen molar-refractivity contribution in [3.8, 4) is 0 Å². The second kappa shape index (κ2) is 6.36. The average molecular weight is 356 g/mol. The molecule has 1 aliphatic carbocycles. The van der Waals surface area contributed by atoms with Crippen molar-refractivity contribution < 1.29 is 8.42 Å². The Bertz CT molecular complexity index is 821. The summed E-state index contributed by atoms with van der Waals surface area (Å²) in [6, 6.07) is 6.98. The highest BCUT2D eigenvalue weighted by Crippen LogP contribution is 2.40. The quantitative estimate of drug-likeness (QED) is 0.862. The van der Waals surface area contributed by atoms with Crippen LogP contribution in [0.15, 0.2) is 35.4 Å². The van der Waals surface area contributed by atoms with E-state index in [1.54, 1.807) is 30.5 Å². The summed E-state index contributed by atoms with van der Waals surface area (Å²) in [5, 5.41) is 0.644. The van der Waals surface area contributed by atoms with Crippen molar-refractivity contribution in [2.75, 3.05) is 6.54 Å². The molecule has 0 spiro atoms. The zero-order chi connectivity index (χ0) is 16.0. The van der Waals surface area contributed by atoms with Gasteiger partial charge in [0.15, 0.2) is 0 Å². The summed E-state index contributed by atoms with van der Waals surface area (Å²) in [4.78, 5) is 4.57. The van der Waals surface area contributed by atoms with E-state index in [0.717, 1.165) is 18.4 Å². The highest BCUT2D eigenvalue weighted by atomic mass is 35.5. The molecule has 2 aromatic rings. The molecule has 1 aromatic heterocycles. The summed E-state index contributed by atoms with van der Waals surface area (Å²) < 4.78 is 28.6. The molecule has 1 atom stereocenters. The molecule has 0 aliphatic heterocycles. The first-order valence-electron chi connectivity index (χ1n) is 7.46. The monoisotopic (exact) mass is 355 g/mol. The number of rotatable bonds is 5. The van der Waals surface area contributed by atoms with Crippen LogP contribution < -0.4 is 10.5 Å². The SMILES string of the molecule is Cc1ccc(S(=O)(=O)NC(C)(CN)C2CC2)c2cccnc12.Cl. The van der Waals surface area contributed by atoms with E-state index in [9.17, 15) is 8.42 Å². The molecule has 23 heavy (non-hydrogen) atoms. The van der Waals surface area contributed by atoms with Gasteiger partial charge in [-0.15, -0.1) is 12.4 Å². The summed E-state index contributed by atoms with van der Waals surface area (Å²) in [5.41, 5.74) is 6.92. The molecule has 0 amide bonds. The first kappa shape index (κ1) is 18.1. The van der Waals surface area contributed by atoms with E-state index in [-0.39, 0.29) is 17.3 Å². The molecule has 7 heteroatoms. The molecule has 5 nitrogen and oxygen atoms in total. The second-order valence-electron chi connectivity index (χ2n) is 6.28. The van der Waals surface area contributed by atoms with E-state index in [1.165, 1.54) is 0 Å². The predicted molar refractivity (Wildman–Crippen MR) is 94.2 cm³/mol. The van der Waals surface area contributed by atoms with Gasteiger partial charge in [0.25, 0.3) is 0 Å². The number of nitrogens with two attached hydrogens (primary N) is 1. The van der Waals surface area contributed by atoms with Crippen molar-refractivity contribution in [2.24, 2.45) is 11.7 Å². The molecule has 0 radical (unpaired) electrons. The number of hydrogen-bond acceptors (Lipinski definition) is 4. The lowest BCUT2D eigenvalue weighted by molar-refractivity contribution is 0.374. The van der Waals surface area contributed by atoms with Gasteiger partial charge in [-0.3, -0.25) is 4.98 Å². The van der Waals surface area contributed by atoms with Crippen LogP contribution in [0.4, 0.5) is 0 Å². The molecule has 1 heterocycles. The first-order valence-corrected chi connectivity index (χ1v) is 8.94. The largest absolute Gasteiger partial charge is 0.329 e. The summed E-state index contributed by atoms with van der Waals surface area (Å²) in [6.07, 6.45) is 3.71. The van der Waals surface area contributed by atoms with Crippen LogP contribution in [-0.4, -0.2) is 25.5 Å². The molecule has 126 valence electrons. The lowest BCUT2D eigenvalue weighted by Crippen LogP contribution is -2.53. The zero-order valence-electron chi connectivity index (χ0n) is 13.2. The summed E-state index contributed by atoms with van der Waals surface area (Å²) in [6.45, 7) is 4.10. The fourth-order valence-corrected chi connectivity index (χ4v) is 4.57. The van der Waals surface area contributed by atoms with Crippen molar-refractivity contribution in [1.29, 1.82) is 0 Å². The Morgan fingerprint density at radius 3 is 2.65 bits per heavy atom. The smallest absolute Gasteiger partial charge is 0.241 e. The molecular weight excluding hydrogens is 334 g/mol. The van der Waals surface area contributed by atoms with Gasteiger partial charge in [0.2, 0.25) is 10.0 Å². The maximum Gasteiger partial charge on any atom is 0.241 e. The van der Waals surface area contributed by atoms with Crippen LogP contribution in [-0.2, 0) is 10.0 Å². The first-order chi connectivity index (χ1) is 10.4. The van der Waals surface area contributed by atoms with Gasteiger partial charge >= 0.3 is 0 Å². The van der Waals surface area contributed by atoms with E-state index in [0.29, 0.717) is 23.4 Å². The third kappa shape index (κ3) is 3.35. The van der Waals surface area contributed by atoms with Gasteiger partial charge in [-0.05, 0) is 56.4 Å². The highest BCUT2D eigenvalue weighted by Gasteiger charge is 2.43. The average Bonchev–Trinajstić information content (AvgIpc) is 3.32. The second-order valence-corrected chi connectivity index (χ2v) is 7.93. The maximum atomic E-state index is 12.9. The number of benzene rings is 1. The van der Waals surface area contributed by atoms with Gasteiger partial charge < -0.3 is 5.73 Å². The number of nitrogens with zero attached hydrogens (tertiary/aromatic N) is 1. The Hall–Kier alpha value is -1.21. The van der Waals surface area contributed by atoms with Crippen LogP contribution in [0.2, 0.25) is 0 Å². The fourth-order valence-electron chi connectivity index (χ4n) is 2.90. The van der Waals surface area contributed by atoms with Crippen molar-refractivity contribution in [2.45, 2.75) is 37.1 Å². The van der Waals surface area contributed by atoms with Crippen molar-refractivity contribution >= 4 is 33.3 Å². The lowest BCUT2D eigenvalue weighted by Gasteiger charge is -2.29. The molecule has 1 saturated carbocycles. The molecule has 0 bridgehead atoms. The number of pyridine rings is 1. The van der Waals surface area contributed by atoms with E-state index >= 15 is 0 Å². The molecule has 0 saturated heterocycles. The minimum atomic E-state index is -3.65. The minimum Gasteiger partial charge on any atom is -0.329 e. The van der Waals surface area contributed by atoms with Crippen molar-refractivity contribution in [3.63, 3.8) is 0 Å². The number of aromatic nitrogens is 1. The number of aryl methyl sites for hydroxylation is 1. The molecule has 3 N–H and O–H groups in total. The molecular formula is C16H22ClN3O2S. The molecule has 1 aromatic carbocycles. The minimum absolute atomic E-state index is 0. The van der Waals surface area contributed by atoms with Gasteiger partial charge in [-0.1, -0.05) is 6.07 Å². The molecule has 3 rings (SSSR count). The Kier molecular flexibility index (Phi) is 5.01. The molecule has 1 unspecified atom stereocenters.